The van der Waals surface area contributed by atoms with Gasteiger partial charge in [-0.15, -0.1) is 0 Å². The molecule has 1 aromatic rings. The van der Waals surface area contributed by atoms with Crippen LogP contribution in [0, 0.1) is 0 Å². The standard InChI is InChI=1S/C14H16BrNO5/c1-8(9-2-4-10(15)5-3-9)6-12(17)16-11(14(20)21)7-13(18)19/h2-5,8,11H,6-7H2,1H3,(H,16,17)(H,18,19)(H,20,21)/t8?,11-/m0/s1. The van der Waals surface area contributed by atoms with Gasteiger partial charge >= 0.3 is 11.9 Å². The zero-order chi connectivity index (χ0) is 16.0. The van der Waals surface area contributed by atoms with Crippen molar-refractivity contribution < 1.29 is 24.6 Å². The summed E-state index contributed by atoms with van der Waals surface area (Å²) in [5.41, 5.74) is 0.943. The van der Waals surface area contributed by atoms with Crippen LogP contribution in [0.5, 0.6) is 0 Å². The molecular formula is C14H16BrNO5. The largest absolute Gasteiger partial charge is 0.481 e. The smallest absolute Gasteiger partial charge is 0.326 e. The first kappa shape index (κ1) is 17.2. The van der Waals surface area contributed by atoms with Crippen molar-refractivity contribution in [3.63, 3.8) is 0 Å². The van der Waals surface area contributed by atoms with Crippen LogP contribution in [-0.2, 0) is 14.4 Å². The maximum atomic E-state index is 11.8. The highest BCUT2D eigenvalue weighted by atomic mass is 79.9. The van der Waals surface area contributed by atoms with E-state index in [0.717, 1.165) is 10.0 Å². The molecule has 0 aliphatic carbocycles. The van der Waals surface area contributed by atoms with Crippen LogP contribution < -0.4 is 5.32 Å². The number of aliphatic carboxylic acids is 2. The second-order valence-electron chi connectivity index (χ2n) is 4.71. The molecule has 0 aliphatic heterocycles. The fourth-order valence-corrected chi connectivity index (χ4v) is 2.08. The number of rotatable bonds is 7. The molecule has 3 N–H and O–H groups in total. The number of halogens is 1. The highest BCUT2D eigenvalue weighted by Gasteiger charge is 2.23. The van der Waals surface area contributed by atoms with Crippen molar-refractivity contribution in [1.82, 2.24) is 5.32 Å². The Bertz CT molecular complexity index is 529. The molecule has 0 fully saturated rings. The number of amides is 1. The summed E-state index contributed by atoms with van der Waals surface area (Å²) in [6, 6.07) is 6.04. The van der Waals surface area contributed by atoms with Gasteiger partial charge in [-0.25, -0.2) is 4.79 Å². The molecule has 0 spiro atoms. The molecule has 0 aliphatic rings. The molecule has 6 nitrogen and oxygen atoms in total. The highest BCUT2D eigenvalue weighted by molar-refractivity contribution is 9.10. The maximum Gasteiger partial charge on any atom is 0.326 e. The monoisotopic (exact) mass is 357 g/mol. The van der Waals surface area contributed by atoms with Crippen molar-refractivity contribution in [2.45, 2.75) is 31.7 Å². The van der Waals surface area contributed by atoms with Crippen LogP contribution in [0.2, 0.25) is 0 Å². The Morgan fingerprint density at radius 1 is 1.14 bits per heavy atom. The van der Waals surface area contributed by atoms with E-state index in [0.29, 0.717) is 0 Å². The zero-order valence-corrected chi connectivity index (χ0v) is 13.0. The fraction of sp³-hybridized carbons (Fsp3) is 0.357. The van der Waals surface area contributed by atoms with Crippen molar-refractivity contribution in [3.8, 4) is 0 Å². The van der Waals surface area contributed by atoms with Gasteiger partial charge in [-0.1, -0.05) is 35.0 Å². The van der Waals surface area contributed by atoms with Gasteiger partial charge in [0.25, 0.3) is 0 Å². The number of nitrogens with one attached hydrogen (secondary N) is 1. The maximum absolute atomic E-state index is 11.8. The molecule has 0 saturated carbocycles. The van der Waals surface area contributed by atoms with Crippen LogP contribution in [-0.4, -0.2) is 34.1 Å². The van der Waals surface area contributed by atoms with Crippen molar-refractivity contribution in [3.05, 3.63) is 34.3 Å². The third-order valence-electron chi connectivity index (χ3n) is 2.94. The minimum absolute atomic E-state index is 0.0883. The van der Waals surface area contributed by atoms with Crippen molar-refractivity contribution in [2.24, 2.45) is 0 Å². The van der Waals surface area contributed by atoms with E-state index in [-0.39, 0.29) is 12.3 Å². The molecule has 1 unspecified atom stereocenters. The van der Waals surface area contributed by atoms with Gasteiger partial charge in [0, 0.05) is 10.9 Å². The third kappa shape index (κ3) is 5.95. The molecule has 1 aromatic carbocycles. The second-order valence-corrected chi connectivity index (χ2v) is 5.63. The molecule has 0 radical (unpaired) electrons. The van der Waals surface area contributed by atoms with Crippen LogP contribution in [0.4, 0.5) is 0 Å². The van der Waals surface area contributed by atoms with Crippen molar-refractivity contribution >= 4 is 33.8 Å². The van der Waals surface area contributed by atoms with Gasteiger partial charge in [-0.3, -0.25) is 9.59 Å². The summed E-state index contributed by atoms with van der Waals surface area (Å²) < 4.78 is 0.926. The molecular weight excluding hydrogens is 342 g/mol. The summed E-state index contributed by atoms with van der Waals surface area (Å²) >= 11 is 3.32. The van der Waals surface area contributed by atoms with E-state index < -0.39 is 30.3 Å². The molecule has 0 aromatic heterocycles. The lowest BCUT2D eigenvalue weighted by Crippen LogP contribution is -2.42. The average molecular weight is 358 g/mol. The lowest BCUT2D eigenvalue weighted by Gasteiger charge is -2.15. The van der Waals surface area contributed by atoms with E-state index in [9.17, 15) is 14.4 Å². The predicted octanol–water partition coefficient (Wildman–Crippen LogP) is 1.99. The van der Waals surface area contributed by atoms with Crippen LogP contribution in [0.15, 0.2) is 28.7 Å². The molecule has 1 rings (SSSR count). The Kier molecular flexibility index (Phi) is 6.36. The van der Waals surface area contributed by atoms with Crippen LogP contribution in [0.3, 0.4) is 0 Å². The molecule has 0 saturated heterocycles. The van der Waals surface area contributed by atoms with Gasteiger partial charge in [0.05, 0.1) is 6.42 Å². The number of carboxylic acid groups (broad SMARTS) is 2. The number of carboxylic acids is 2. The number of carbonyl (C=O) groups is 3. The van der Waals surface area contributed by atoms with E-state index in [2.05, 4.69) is 21.2 Å². The minimum Gasteiger partial charge on any atom is -0.481 e. The van der Waals surface area contributed by atoms with E-state index in [4.69, 9.17) is 10.2 Å². The zero-order valence-electron chi connectivity index (χ0n) is 11.4. The van der Waals surface area contributed by atoms with E-state index in [1.54, 1.807) is 0 Å². The topological polar surface area (TPSA) is 104 Å². The van der Waals surface area contributed by atoms with E-state index in [1.165, 1.54) is 0 Å². The Morgan fingerprint density at radius 3 is 2.19 bits per heavy atom. The molecule has 7 heteroatoms. The Hall–Kier alpha value is -1.89. The summed E-state index contributed by atoms with van der Waals surface area (Å²) in [6.07, 6.45) is -0.557. The first-order valence-electron chi connectivity index (χ1n) is 6.29. The average Bonchev–Trinajstić information content (AvgIpc) is 2.37. The second kappa shape index (κ2) is 7.78. The van der Waals surface area contributed by atoms with Gasteiger partial charge in [0.2, 0.25) is 5.91 Å². The lowest BCUT2D eigenvalue weighted by atomic mass is 9.97. The van der Waals surface area contributed by atoms with Crippen LogP contribution in [0.1, 0.15) is 31.2 Å². The van der Waals surface area contributed by atoms with Gasteiger partial charge < -0.3 is 15.5 Å². The van der Waals surface area contributed by atoms with Crippen molar-refractivity contribution in [2.75, 3.05) is 0 Å². The molecule has 2 atom stereocenters. The quantitative estimate of drug-likeness (QED) is 0.692. The minimum atomic E-state index is -1.41. The first-order chi connectivity index (χ1) is 9.79. The first-order valence-corrected chi connectivity index (χ1v) is 7.08. The van der Waals surface area contributed by atoms with Gasteiger partial charge in [0.15, 0.2) is 0 Å². The van der Waals surface area contributed by atoms with Gasteiger partial charge in [-0.2, -0.15) is 0 Å². The fourth-order valence-electron chi connectivity index (χ4n) is 1.82. The van der Waals surface area contributed by atoms with Gasteiger partial charge in [-0.05, 0) is 23.6 Å². The van der Waals surface area contributed by atoms with Gasteiger partial charge in [0.1, 0.15) is 6.04 Å². The normalized spacial score (nSPS) is 13.2. The lowest BCUT2D eigenvalue weighted by molar-refractivity contribution is -0.147. The number of benzene rings is 1. The molecule has 0 heterocycles. The number of hydrogen-bond donors (Lipinski definition) is 3. The van der Waals surface area contributed by atoms with Crippen LogP contribution in [0.25, 0.3) is 0 Å². The highest BCUT2D eigenvalue weighted by Crippen LogP contribution is 2.21. The Labute approximate surface area is 130 Å². The molecule has 21 heavy (non-hydrogen) atoms. The summed E-state index contributed by atoms with van der Waals surface area (Å²) in [6.45, 7) is 1.84. The summed E-state index contributed by atoms with van der Waals surface area (Å²) in [7, 11) is 0. The number of carbonyl (C=O) groups excluding carboxylic acids is 1. The third-order valence-corrected chi connectivity index (χ3v) is 3.47. The SMILES string of the molecule is CC(CC(=O)N[C@@H](CC(=O)O)C(=O)O)c1ccc(Br)cc1. The van der Waals surface area contributed by atoms with Crippen molar-refractivity contribution in [1.29, 1.82) is 0 Å². The van der Waals surface area contributed by atoms with E-state index in [1.807, 2.05) is 31.2 Å². The van der Waals surface area contributed by atoms with E-state index >= 15 is 0 Å². The molecule has 1 amide bonds. The molecule has 114 valence electrons. The Balaban J connectivity index is 2.61. The summed E-state index contributed by atoms with van der Waals surface area (Å²) in [5, 5.41) is 19.7. The number of hydrogen-bond acceptors (Lipinski definition) is 3. The molecule has 0 bridgehead atoms. The van der Waals surface area contributed by atoms with Crippen LogP contribution >= 0.6 is 15.9 Å². The predicted molar refractivity (Wildman–Crippen MR) is 79.0 cm³/mol. The Morgan fingerprint density at radius 2 is 1.71 bits per heavy atom. The summed E-state index contributed by atoms with van der Waals surface area (Å²) in [4.78, 5) is 33.2. The summed E-state index contributed by atoms with van der Waals surface area (Å²) in [5.74, 6) is -3.22.